The number of hydrogen-bond acceptors (Lipinski definition) is 3. The first-order valence-electron chi connectivity index (χ1n) is 9.60. The van der Waals surface area contributed by atoms with Crippen molar-refractivity contribution >= 4 is 23.2 Å². The molecule has 0 bridgehead atoms. The topological polar surface area (TPSA) is 59.8 Å². The number of hydrogen-bond donors (Lipinski definition) is 1. The van der Waals surface area contributed by atoms with Crippen LogP contribution >= 0.6 is 11.6 Å². The second kappa shape index (κ2) is 8.13. The number of carbonyl (C=O) groups excluding carboxylic acids is 1. The van der Waals surface area contributed by atoms with Crippen molar-refractivity contribution in [3.63, 3.8) is 0 Å². The van der Waals surface area contributed by atoms with Gasteiger partial charge in [0.1, 0.15) is 0 Å². The van der Waals surface area contributed by atoms with Crippen LogP contribution in [-0.4, -0.2) is 20.7 Å². The molecule has 0 aliphatic heterocycles. The maximum atomic E-state index is 12.9. The number of amides is 1. The normalized spacial score (nSPS) is 10.8. The summed E-state index contributed by atoms with van der Waals surface area (Å²) in [6.07, 6.45) is 0. The predicted octanol–water partition coefficient (Wildman–Crippen LogP) is 5.77. The molecule has 1 N–H and O–H groups in total. The van der Waals surface area contributed by atoms with E-state index < -0.39 is 0 Å². The summed E-state index contributed by atoms with van der Waals surface area (Å²) in [5.41, 5.74) is 5.79. The van der Waals surface area contributed by atoms with Crippen molar-refractivity contribution in [2.75, 3.05) is 5.32 Å². The number of halogens is 1. The van der Waals surface area contributed by atoms with Crippen molar-refractivity contribution in [1.29, 1.82) is 0 Å². The lowest BCUT2D eigenvalue weighted by molar-refractivity contribution is 0.101. The largest absolute Gasteiger partial charge is 0.319 e. The Balaban J connectivity index is 1.79. The molecule has 150 valence electrons. The molecule has 4 aromatic rings. The predicted molar refractivity (Wildman–Crippen MR) is 120 cm³/mol. The van der Waals surface area contributed by atoms with E-state index in [0.717, 1.165) is 27.9 Å². The van der Waals surface area contributed by atoms with Crippen molar-refractivity contribution in [3.05, 3.63) is 94.3 Å². The fourth-order valence-electron chi connectivity index (χ4n) is 3.15. The maximum Gasteiger partial charge on any atom is 0.295 e. The number of aromatic nitrogens is 3. The number of rotatable bonds is 4. The maximum absolute atomic E-state index is 12.9. The molecule has 6 heteroatoms. The third-order valence-corrected chi connectivity index (χ3v) is 5.28. The molecule has 5 nitrogen and oxygen atoms in total. The van der Waals surface area contributed by atoms with E-state index in [-0.39, 0.29) is 11.7 Å². The fourth-order valence-corrected chi connectivity index (χ4v) is 3.28. The second-order valence-electron chi connectivity index (χ2n) is 7.22. The molecule has 1 amide bonds. The highest BCUT2D eigenvalue weighted by atomic mass is 35.5. The minimum Gasteiger partial charge on any atom is -0.319 e. The molecule has 0 aliphatic carbocycles. The van der Waals surface area contributed by atoms with E-state index in [0.29, 0.717) is 16.5 Å². The van der Waals surface area contributed by atoms with Crippen molar-refractivity contribution in [2.45, 2.75) is 20.8 Å². The highest BCUT2D eigenvalue weighted by molar-refractivity contribution is 6.30. The molecule has 1 heterocycles. The zero-order valence-corrected chi connectivity index (χ0v) is 17.7. The highest BCUT2D eigenvalue weighted by Crippen LogP contribution is 2.25. The molecule has 3 aromatic carbocycles. The van der Waals surface area contributed by atoms with Gasteiger partial charge in [-0.15, -0.1) is 5.10 Å². The molecule has 4 rings (SSSR count). The Morgan fingerprint density at radius 1 is 0.933 bits per heavy atom. The lowest BCUT2D eigenvalue weighted by Crippen LogP contribution is -2.14. The molecule has 0 unspecified atom stereocenters. The van der Waals surface area contributed by atoms with Crippen LogP contribution in [0.4, 0.5) is 5.69 Å². The summed E-state index contributed by atoms with van der Waals surface area (Å²) in [5.74, 6) is 0.334. The van der Waals surface area contributed by atoms with E-state index in [2.05, 4.69) is 28.4 Å². The van der Waals surface area contributed by atoms with Gasteiger partial charge in [0.15, 0.2) is 5.82 Å². The van der Waals surface area contributed by atoms with Gasteiger partial charge in [-0.05, 0) is 62.2 Å². The van der Waals surface area contributed by atoms with Crippen LogP contribution in [0.1, 0.15) is 27.3 Å². The minimum absolute atomic E-state index is 0.0985. The molecule has 0 spiro atoms. The average molecular weight is 417 g/mol. The first-order valence-corrected chi connectivity index (χ1v) is 9.98. The minimum atomic E-state index is -0.380. The van der Waals surface area contributed by atoms with Gasteiger partial charge in [0.2, 0.25) is 5.82 Å². The molecular weight excluding hydrogens is 396 g/mol. The number of aryl methyl sites for hydroxylation is 2. The van der Waals surface area contributed by atoms with Crippen molar-refractivity contribution in [3.8, 4) is 17.1 Å². The molecule has 0 saturated carbocycles. The van der Waals surface area contributed by atoms with Crippen LogP contribution in [0.3, 0.4) is 0 Å². The molecule has 0 atom stereocenters. The highest BCUT2D eigenvalue weighted by Gasteiger charge is 2.20. The van der Waals surface area contributed by atoms with Crippen LogP contribution in [0, 0.1) is 20.8 Å². The smallest absolute Gasteiger partial charge is 0.295 e. The van der Waals surface area contributed by atoms with Crippen LogP contribution in [0.15, 0.2) is 66.7 Å². The Hall–Kier alpha value is -3.44. The summed E-state index contributed by atoms with van der Waals surface area (Å²) in [5, 5.41) is 7.99. The molecule has 1 aromatic heterocycles. The van der Waals surface area contributed by atoms with Crippen LogP contribution in [0.25, 0.3) is 17.1 Å². The zero-order chi connectivity index (χ0) is 21.3. The standard InChI is InChI=1S/C24H21ClN4O/c1-15-7-9-18(10-8-15)23-27-22(24(30)26-20-13-11-19(25)12-14-20)28-29(23)21-6-4-5-16(2)17(21)3/h4-14H,1-3H3,(H,26,30). The second-order valence-corrected chi connectivity index (χ2v) is 7.65. The van der Waals surface area contributed by atoms with Crippen molar-refractivity contribution < 1.29 is 4.79 Å². The Morgan fingerprint density at radius 2 is 1.63 bits per heavy atom. The molecule has 30 heavy (non-hydrogen) atoms. The summed E-state index contributed by atoms with van der Waals surface area (Å²) in [6, 6.07) is 20.9. The number of carbonyl (C=O) groups is 1. The van der Waals surface area contributed by atoms with Crippen molar-refractivity contribution in [2.24, 2.45) is 0 Å². The molecule has 0 saturated heterocycles. The van der Waals surface area contributed by atoms with Crippen molar-refractivity contribution in [1.82, 2.24) is 14.8 Å². The third kappa shape index (κ3) is 3.98. The number of nitrogens with one attached hydrogen (secondary N) is 1. The fraction of sp³-hybridized carbons (Fsp3) is 0.125. The van der Waals surface area contributed by atoms with E-state index in [1.54, 1.807) is 28.9 Å². The van der Waals surface area contributed by atoms with Gasteiger partial charge in [0.25, 0.3) is 5.91 Å². The monoisotopic (exact) mass is 416 g/mol. The summed E-state index contributed by atoms with van der Waals surface area (Å²) in [6.45, 7) is 6.12. The summed E-state index contributed by atoms with van der Waals surface area (Å²) in [4.78, 5) is 17.4. The van der Waals surface area contributed by atoms with E-state index in [1.165, 1.54) is 0 Å². The van der Waals surface area contributed by atoms with Gasteiger partial charge in [-0.1, -0.05) is 53.6 Å². The van der Waals surface area contributed by atoms with E-state index in [4.69, 9.17) is 11.6 Å². The molecule has 0 radical (unpaired) electrons. The van der Waals surface area contributed by atoms with Gasteiger partial charge >= 0.3 is 0 Å². The van der Waals surface area contributed by atoms with Gasteiger partial charge in [-0.25, -0.2) is 9.67 Å². The number of anilines is 1. The lowest BCUT2D eigenvalue weighted by Gasteiger charge is -2.11. The van der Waals surface area contributed by atoms with Crippen LogP contribution in [0.5, 0.6) is 0 Å². The Bertz CT molecular complexity index is 1210. The Labute approximate surface area is 180 Å². The van der Waals surface area contributed by atoms with Gasteiger partial charge in [0.05, 0.1) is 5.69 Å². The number of benzene rings is 3. The van der Waals surface area contributed by atoms with Crippen LogP contribution in [-0.2, 0) is 0 Å². The molecule has 0 fully saturated rings. The average Bonchev–Trinajstić information content (AvgIpc) is 3.17. The first kappa shape index (κ1) is 19.9. The summed E-state index contributed by atoms with van der Waals surface area (Å²) in [7, 11) is 0. The first-order chi connectivity index (χ1) is 14.4. The Kier molecular flexibility index (Phi) is 5.38. The Morgan fingerprint density at radius 3 is 2.33 bits per heavy atom. The van der Waals surface area contributed by atoms with Crippen LogP contribution in [0.2, 0.25) is 5.02 Å². The quantitative estimate of drug-likeness (QED) is 0.459. The number of nitrogens with zero attached hydrogens (tertiary/aromatic N) is 3. The van der Waals surface area contributed by atoms with E-state index >= 15 is 0 Å². The van der Waals surface area contributed by atoms with E-state index in [9.17, 15) is 4.79 Å². The van der Waals surface area contributed by atoms with Gasteiger partial charge < -0.3 is 5.32 Å². The summed E-state index contributed by atoms with van der Waals surface area (Å²) >= 11 is 5.92. The molecular formula is C24H21ClN4O. The van der Waals surface area contributed by atoms with Gasteiger partial charge in [-0.2, -0.15) is 0 Å². The third-order valence-electron chi connectivity index (χ3n) is 5.03. The summed E-state index contributed by atoms with van der Waals surface area (Å²) < 4.78 is 1.74. The van der Waals surface area contributed by atoms with Gasteiger partial charge in [-0.3, -0.25) is 4.79 Å². The lowest BCUT2D eigenvalue weighted by atomic mass is 10.1. The molecule has 0 aliphatic rings. The van der Waals surface area contributed by atoms with Gasteiger partial charge in [0, 0.05) is 16.3 Å². The SMILES string of the molecule is Cc1ccc(-c2nc(C(=O)Nc3ccc(Cl)cc3)nn2-c2cccc(C)c2C)cc1. The van der Waals surface area contributed by atoms with Crippen LogP contribution < -0.4 is 5.32 Å². The van der Waals surface area contributed by atoms with E-state index in [1.807, 2.05) is 50.2 Å². The zero-order valence-electron chi connectivity index (χ0n) is 17.0.